The van der Waals surface area contributed by atoms with Crippen molar-refractivity contribution in [1.29, 1.82) is 0 Å². The van der Waals surface area contributed by atoms with E-state index >= 15 is 0 Å². The van der Waals surface area contributed by atoms with Crippen molar-refractivity contribution in [2.24, 2.45) is 11.8 Å². The predicted molar refractivity (Wildman–Crippen MR) is 70.2 cm³/mol. The van der Waals surface area contributed by atoms with Gasteiger partial charge >= 0.3 is 10.8 Å². The molecule has 1 aliphatic heterocycles. The van der Waals surface area contributed by atoms with Gasteiger partial charge in [0.1, 0.15) is 6.54 Å². The quantitative estimate of drug-likeness (QED) is 0.871. The SMILES string of the molecule is Cc1csc(=O)n1CC(=O)N1CC(C)C(C(=O)O)C1. The Bertz CT molecular complexity index is 562. The Morgan fingerprint density at radius 1 is 1.47 bits per heavy atom. The van der Waals surface area contributed by atoms with Crippen LogP contribution in [0.5, 0.6) is 0 Å². The fourth-order valence-corrected chi connectivity index (χ4v) is 3.06. The number of hydrogen-bond acceptors (Lipinski definition) is 4. The van der Waals surface area contributed by atoms with Crippen molar-refractivity contribution >= 4 is 23.2 Å². The van der Waals surface area contributed by atoms with Crippen molar-refractivity contribution in [2.75, 3.05) is 13.1 Å². The molecule has 1 amide bonds. The van der Waals surface area contributed by atoms with E-state index in [9.17, 15) is 14.4 Å². The molecule has 2 unspecified atom stereocenters. The summed E-state index contributed by atoms with van der Waals surface area (Å²) in [5.74, 6) is -1.63. The number of carboxylic acid groups (broad SMARTS) is 1. The highest BCUT2D eigenvalue weighted by Gasteiger charge is 2.36. The Morgan fingerprint density at radius 2 is 2.16 bits per heavy atom. The number of rotatable bonds is 3. The summed E-state index contributed by atoms with van der Waals surface area (Å²) in [7, 11) is 0. The normalized spacial score (nSPS) is 22.7. The van der Waals surface area contributed by atoms with Crippen LogP contribution in [0.4, 0.5) is 0 Å². The summed E-state index contributed by atoms with van der Waals surface area (Å²) < 4.78 is 1.42. The maximum absolute atomic E-state index is 12.1. The van der Waals surface area contributed by atoms with Crippen LogP contribution in [0.25, 0.3) is 0 Å². The van der Waals surface area contributed by atoms with Crippen LogP contribution >= 0.6 is 11.3 Å². The first-order valence-corrected chi connectivity index (χ1v) is 6.93. The molecule has 104 valence electrons. The molecular formula is C12H16N2O4S. The molecule has 2 heterocycles. The number of amides is 1. The van der Waals surface area contributed by atoms with E-state index in [1.54, 1.807) is 12.3 Å². The van der Waals surface area contributed by atoms with Gasteiger partial charge in [0.05, 0.1) is 5.92 Å². The molecule has 0 spiro atoms. The molecule has 1 aromatic rings. The van der Waals surface area contributed by atoms with Crippen LogP contribution in [0, 0.1) is 18.8 Å². The number of aromatic nitrogens is 1. The van der Waals surface area contributed by atoms with E-state index in [0.717, 1.165) is 17.0 Å². The highest BCUT2D eigenvalue weighted by molar-refractivity contribution is 7.07. The minimum Gasteiger partial charge on any atom is -0.481 e. The molecule has 0 aliphatic carbocycles. The fourth-order valence-electron chi connectivity index (χ4n) is 2.32. The highest BCUT2D eigenvalue weighted by Crippen LogP contribution is 2.23. The van der Waals surface area contributed by atoms with Crippen LogP contribution in [-0.4, -0.2) is 39.5 Å². The third kappa shape index (κ3) is 2.70. The summed E-state index contributed by atoms with van der Waals surface area (Å²) in [4.78, 5) is 36.0. The topological polar surface area (TPSA) is 79.6 Å². The van der Waals surface area contributed by atoms with Crippen LogP contribution in [-0.2, 0) is 16.1 Å². The molecule has 2 atom stereocenters. The standard InChI is InChI=1S/C12H16N2O4S/c1-7-3-13(4-9(7)11(16)17)10(15)5-14-8(2)6-19-12(14)18/h6-7,9H,3-5H2,1-2H3,(H,16,17). The molecule has 0 radical (unpaired) electrons. The van der Waals surface area contributed by atoms with Gasteiger partial charge < -0.3 is 10.0 Å². The zero-order valence-electron chi connectivity index (χ0n) is 10.8. The van der Waals surface area contributed by atoms with Gasteiger partial charge in [-0.1, -0.05) is 18.3 Å². The second-order valence-electron chi connectivity index (χ2n) is 4.95. The minimum absolute atomic E-state index is 0.00672. The van der Waals surface area contributed by atoms with Crippen molar-refractivity contribution in [3.63, 3.8) is 0 Å². The summed E-state index contributed by atoms with van der Waals surface area (Å²) >= 11 is 1.06. The molecule has 2 rings (SSSR count). The molecule has 1 fully saturated rings. The van der Waals surface area contributed by atoms with Gasteiger partial charge in [0.25, 0.3) is 0 Å². The molecule has 0 bridgehead atoms. The number of carbonyl (C=O) groups is 2. The van der Waals surface area contributed by atoms with Crippen LogP contribution < -0.4 is 4.87 Å². The summed E-state index contributed by atoms with van der Waals surface area (Å²) in [5, 5.41) is 10.7. The van der Waals surface area contributed by atoms with Crippen LogP contribution in [0.3, 0.4) is 0 Å². The van der Waals surface area contributed by atoms with E-state index < -0.39 is 11.9 Å². The van der Waals surface area contributed by atoms with Gasteiger partial charge in [-0.2, -0.15) is 0 Å². The van der Waals surface area contributed by atoms with Gasteiger partial charge in [-0.15, -0.1) is 0 Å². The molecule has 1 N–H and O–H groups in total. The Balaban J connectivity index is 2.06. The number of hydrogen-bond donors (Lipinski definition) is 1. The van der Waals surface area contributed by atoms with Crippen LogP contribution in [0.1, 0.15) is 12.6 Å². The Kier molecular flexibility index (Phi) is 3.75. The van der Waals surface area contributed by atoms with Crippen molar-refractivity contribution in [1.82, 2.24) is 9.47 Å². The van der Waals surface area contributed by atoms with E-state index in [1.807, 2.05) is 6.92 Å². The number of aliphatic carboxylic acids is 1. The average molecular weight is 284 g/mol. The largest absolute Gasteiger partial charge is 0.481 e. The molecule has 1 aliphatic rings. The predicted octanol–water partition coefficient (Wildman–Crippen LogP) is 0.397. The molecule has 19 heavy (non-hydrogen) atoms. The van der Waals surface area contributed by atoms with Gasteiger partial charge in [-0.25, -0.2) is 0 Å². The summed E-state index contributed by atoms with van der Waals surface area (Å²) in [6, 6.07) is 0. The lowest BCUT2D eigenvalue weighted by atomic mass is 9.99. The molecule has 1 saturated heterocycles. The van der Waals surface area contributed by atoms with Gasteiger partial charge in [0.2, 0.25) is 5.91 Å². The molecule has 7 heteroatoms. The van der Waals surface area contributed by atoms with E-state index in [0.29, 0.717) is 6.54 Å². The Morgan fingerprint density at radius 3 is 2.63 bits per heavy atom. The summed E-state index contributed by atoms with van der Waals surface area (Å²) in [6.07, 6.45) is 0. The van der Waals surface area contributed by atoms with Gasteiger partial charge in [0, 0.05) is 24.2 Å². The monoisotopic (exact) mass is 284 g/mol. The lowest BCUT2D eigenvalue weighted by Gasteiger charge is -2.16. The van der Waals surface area contributed by atoms with Crippen LogP contribution in [0.15, 0.2) is 10.2 Å². The number of thiazole rings is 1. The lowest BCUT2D eigenvalue weighted by Crippen LogP contribution is -2.35. The van der Waals surface area contributed by atoms with E-state index in [1.165, 1.54) is 9.47 Å². The highest BCUT2D eigenvalue weighted by atomic mass is 32.1. The molecular weight excluding hydrogens is 268 g/mol. The summed E-state index contributed by atoms with van der Waals surface area (Å²) in [6.45, 7) is 4.26. The average Bonchev–Trinajstić information content (AvgIpc) is 2.86. The first kappa shape index (κ1) is 13.8. The number of aryl methyl sites for hydroxylation is 1. The van der Waals surface area contributed by atoms with Gasteiger partial charge in [0.15, 0.2) is 0 Å². The molecule has 6 nitrogen and oxygen atoms in total. The Hall–Kier alpha value is -1.63. The van der Waals surface area contributed by atoms with Crippen molar-refractivity contribution < 1.29 is 14.7 Å². The van der Waals surface area contributed by atoms with Gasteiger partial charge in [-0.05, 0) is 12.8 Å². The number of nitrogens with zero attached hydrogens (tertiary/aromatic N) is 2. The molecule has 1 aromatic heterocycles. The first-order valence-electron chi connectivity index (χ1n) is 6.05. The zero-order chi connectivity index (χ0) is 14.2. The number of carboxylic acids is 1. The third-order valence-corrected chi connectivity index (χ3v) is 4.43. The maximum Gasteiger partial charge on any atom is 0.308 e. The van der Waals surface area contributed by atoms with Gasteiger partial charge in [-0.3, -0.25) is 19.0 Å². The second kappa shape index (κ2) is 5.16. The summed E-state index contributed by atoms with van der Waals surface area (Å²) in [5.41, 5.74) is 0.755. The number of carbonyl (C=O) groups excluding carboxylic acids is 1. The second-order valence-corrected chi connectivity index (χ2v) is 5.77. The van der Waals surface area contributed by atoms with Crippen molar-refractivity contribution in [3.8, 4) is 0 Å². The van der Waals surface area contributed by atoms with E-state index in [-0.39, 0.29) is 29.8 Å². The molecule has 0 aromatic carbocycles. The first-order chi connectivity index (χ1) is 8.90. The maximum atomic E-state index is 12.1. The third-order valence-electron chi connectivity index (χ3n) is 3.55. The van der Waals surface area contributed by atoms with E-state index in [2.05, 4.69) is 0 Å². The zero-order valence-corrected chi connectivity index (χ0v) is 11.6. The lowest BCUT2D eigenvalue weighted by molar-refractivity contribution is -0.142. The van der Waals surface area contributed by atoms with Crippen molar-refractivity contribution in [2.45, 2.75) is 20.4 Å². The fraction of sp³-hybridized carbons (Fsp3) is 0.583. The van der Waals surface area contributed by atoms with E-state index in [4.69, 9.17) is 5.11 Å². The number of likely N-dealkylation sites (tertiary alicyclic amines) is 1. The smallest absolute Gasteiger partial charge is 0.308 e. The Labute approximate surface area is 114 Å². The molecule has 0 saturated carbocycles. The van der Waals surface area contributed by atoms with Crippen molar-refractivity contribution in [3.05, 3.63) is 20.7 Å². The minimum atomic E-state index is -0.869. The van der Waals surface area contributed by atoms with Crippen LogP contribution in [0.2, 0.25) is 0 Å².